The van der Waals surface area contributed by atoms with Gasteiger partial charge in [0, 0.05) is 37.1 Å². The highest BCUT2D eigenvalue weighted by Crippen LogP contribution is 2.33. The smallest absolute Gasteiger partial charge is 0.264 e. The fourth-order valence-electron chi connectivity index (χ4n) is 4.89. The number of hydrogen-bond donors (Lipinski definition) is 0. The van der Waals surface area contributed by atoms with Crippen LogP contribution in [0.1, 0.15) is 18.5 Å². The van der Waals surface area contributed by atoms with Gasteiger partial charge in [0.25, 0.3) is 10.0 Å². The van der Waals surface area contributed by atoms with Gasteiger partial charge in [0.05, 0.1) is 36.0 Å². The Morgan fingerprint density at radius 2 is 1.59 bits per heavy atom. The van der Waals surface area contributed by atoms with Crippen molar-refractivity contribution in [3.05, 3.63) is 90.6 Å². The van der Waals surface area contributed by atoms with Gasteiger partial charge in [-0.15, -0.1) is 0 Å². The Morgan fingerprint density at radius 1 is 0.865 bits per heavy atom. The second-order valence-electron chi connectivity index (χ2n) is 9.18. The molecule has 1 fully saturated rings. The lowest BCUT2D eigenvalue weighted by Crippen LogP contribution is -2.47. The van der Waals surface area contributed by atoms with Crippen molar-refractivity contribution < 1.29 is 17.9 Å². The Bertz CT molecular complexity index is 1470. The van der Waals surface area contributed by atoms with E-state index in [0.29, 0.717) is 30.0 Å². The van der Waals surface area contributed by atoms with Crippen LogP contribution in [-0.2, 0) is 16.6 Å². The predicted octanol–water partition coefficient (Wildman–Crippen LogP) is 5.11. The topological polar surface area (TPSA) is 72.0 Å². The predicted molar refractivity (Wildman–Crippen MR) is 146 cm³/mol. The quantitative estimate of drug-likeness (QED) is 0.323. The van der Waals surface area contributed by atoms with Crippen molar-refractivity contribution in [3.8, 4) is 11.5 Å². The number of pyridine rings is 1. The van der Waals surface area contributed by atoms with Crippen LogP contribution in [0.25, 0.3) is 10.9 Å². The molecule has 0 spiro atoms. The average Bonchev–Trinajstić information content (AvgIpc) is 2.94. The Kier molecular flexibility index (Phi) is 7.30. The highest BCUT2D eigenvalue weighted by Gasteiger charge is 2.34. The molecule has 1 saturated heterocycles. The number of ether oxygens (including phenoxy) is 2. The molecule has 0 radical (unpaired) electrons. The van der Waals surface area contributed by atoms with Crippen molar-refractivity contribution in [2.45, 2.75) is 30.3 Å². The Hall–Kier alpha value is -3.62. The fourth-order valence-corrected chi connectivity index (χ4v) is 6.59. The zero-order chi connectivity index (χ0) is 25.8. The summed E-state index contributed by atoms with van der Waals surface area (Å²) in [7, 11) is -0.666. The zero-order valence-corrected chi connectivity index (χ0v) is 21.9. The Morgan fingerprint density at radius 3 is 2.32 bits per heavy atom. The van der Waals surface area contributed by atoms with E-state index in [1.54, 1.807) is 48.9 Å². The van der Waals surface area contributed by atoms with E-state index in [-0.39, 0.29) is 10.9 Å². The summed E-state index contributed by atoms with van der Waals surface area (Å²) in [5.41, 5.74) is 2.61. The van der Waals surface area contributed by atoms with Gasteiger partial charge in [-0.2, -0.15) is 0 Å². The minimum Gasteiger partial charge on any atom is -0.497 e. The maximum atomic E-state index is 13.9. The lowest BCUT2D eigenvalue weighted by molar-refractivity contribution is 0.204. The van der Waals surface area contributed by atoms with Crippen molar-refractivity contribution in [3.63, 3.8) is 0 Å². The number of para-hydroxylation sites is 1. The van der Waals surface area contributed by atoms with Crippen molar-refractivity contribution in [2.75, 3.05) is 31.6 Å². The molecule has 5 rings (SSSR count). The van der Waals surface area contributed by atoms with Gasteiger partial charge in [-0.1, -0.05) is 30.3 Å². The summed E-state index contributed by atoms with van der Waals surface area (Å²) in [6, 6.07) is 25.9. The number of methoxy groups -OCH3 is 2. The molecule has 0 bridgehead atoms. The van der Waals surface area contributed by atoms with Gasteiger partial charge in [-0.3, -0.25) is 14.2 Å². The molecule has 0 saturated carbocycles. The molecule has 37 heavy (non-hydrogen) atoms. The molecule has 0 amide bonds. The van der Waals surface area contributed by atoms with Crippen molar-refractivity contribution in [2.24, 2.45) is 0 Å². The zero-order valence-electron chi connectivity index (χ0n) is 21.1. The number of benzene rings is 3. The number of aromatic nitrogens is 1. The number of rotatable bonds is 8. The first kappa shape index (κ1) is 25.0. The summed E-state index contributed by atoms with van der Waals surface area (Å²) in [6.45, 7) is 2.29. The highest BCUT2D eigenvalue weighted by atomic mass is 32.2. The summed E-state index contributed by atoms with van der Waals surface area (Å²) < 4.78 is 40.1. The van der Waals surface area contributed by atoms with Crippen molar-refractivity contribution >= 4 is 26.6 Å². The molecule has 1 aliphatic heterocycles. The lowest BCUT2D eigenvalue weighted by atomic mass is 10.0. The molecule has 0 atom stereocenters. The van der Waals surface area contributed by atoms with E-state index in [1.165, 1.54) is 0 Å². The molecule has 8 heteroatoms. The van der Waals surface area contributed by atoms with Gasteiger partial charge < -0.3 is 9.47 Å². The van der Waals surface area contributed by atoms with Gasteiger partial charge >= 0.3 is 0 Å². The number of hydrogen-bond acceptors (Lipinski definition) is 6. The van der Waals surface area contributed by atoms with Crippen molar-refractivity contribution in [1.29, 1.82) is 0 Å². The van der Waals surface area contributed by atoms with E-state index in [4.69, 9.17) is 14.5 Å². The average molecular weight is 518 g/mol. The van der Waals surface area contributed by atoms with Crippen LogP contribution in [0, 0.1) is 0 Å². The van der Waals surface area contributed by atoms with Crippen molar-refractivity contribution in [1.82, 2.24) is 9.88 Å². The van der Waals surface area contributed by atoms with Crippen LogP contribution < -0.4 is 13.8 Å². The van der Waals surface area contributed by atoms with Crippen LogP contribution in [0.2, 0.25) is 0 Å². The second-order valence-corrected chi connectivity index (χ2v) is 11.0. The van der Waals surface area contributed by atoms with E-state index in [0.717, 1.165) is 36.2 Å². The molecular formula is C29H31N3O4S. The van der Waals surface area contributed by atoms with Crippen LogP contribution in [-0.4, -0.2) is 51.7 Å². The number of anilines is 1. The molecule has 1 aromatic heterocycles. The van der Waals surface area contributed by atoms with Crippen LogP contribution >= 0.6 is 0 Å². The molecule has 192 valence electrons. The van der Waals surface area contributed by atoms with Gasteiger partial charge in [-0.05, 0) is 61.4 Å². The highest BCUT2D eigenvalue weighted by molar-refractivity contribution is 7.92. The standard InChI is InChI=1S/C29H31N3O4S/c1-35-26-12-14-28(15-13-26)37(33,34)32(25-7-5-8-27(20-25)36-2)24-16-18-31(19-17-24)21-23-11-10-22-6-3-4-9-29(22)30-23/h3-15,20,24H,16-19,21H2,1-2H3. The summed E-state index contributed by atoms with van der Waals surface area (Å²) >= 11 is 0. The third kappa shape index (κ3) is 5.40. The van der Waals surface area contributed by atoms with Gasteiger partial charge in [0.2, 0.25) is 0 Å². The van der Waals surface area contributed by atoms with E-state index in [9.17, 15) is 8.42 Å². The summed E-state index contributed by atoms with van der Waals surface area (Å²) in [5.74, 6) is 1.23. The lowest BCUT2D eigenvalue weighted by Gasteiger charge is -2.39. The third-order valence-electron chi connectivity index (χ3n) is 6.85. The van der Waals surface area contributed by atoms with E-state index in [1.807, 2.05) is 36.4 Å². The van der Waals surface area contributed by atoms with E-state index < -0.39 is 10.0 Å². The third-order valence-corrected chi connectivity index (χ3v) is 8.75. The van der Waals surface area contributed by atoms with E-state index in [2.05, 4.69) is 23.1 Å². The van der Waals surface area contributed by atoms with Crippen LogP contribution in [0.4, 0.5) is 5.69 Å². The monoisotopic (exact) mass is 517 g/mol. The largest absolute Gasteiger partial charge is 0.497 e. The number of likely N-dealkylation sites (tertiary alicyclic amines) is 1. The molecule has 4 aromatic rings. The first-order chi connectivity index (χ1) is 18.0. The summed E-state index contributed by atoms with van der Waals surface area (Å²) in [4.78, 5) is 7.39. The molecule has 0 aliphatic carbocycles. The summed E-state index contributed by atoms with van der Waals surface area (Å²) in [6.07, 6.45) is 1.42. The van der Waals surface area contributed by atoms with Crippen LogP contribution in [0.5, 0.6) is 11.5 Å². The first-order valence-electron chi connectivity index (χ1n) is 12.4. The molecule has 0 unspecified atom stereocenters. The molecule has 3 aromatic carbocycles. The number of piperidine rings is 1. The number of fused-ring (bicyclic) bond motifs is 1. The Labute approximate surface area is 218 Å². The van der Waals surface area contributed by atoms with Gasteiger partial charge in [-0.25, -0.2) is 8.42 Å². The molecule has 2 heterocycles. The number of nitrogens with zero attached hydrogens (tertiary/aromatic N) is 3. The minimum absolute atomic E-state index is 0.181. The molecule has 0 N–H and O–H groups in total. The molecule has 1 aliphatic rings. The van der Waals surface area contributed by atoms with Gasteiger partial charge in [0.1, 0.15) is 11.5 Å². The normalized spacial score (nSPS) is 15.0. The maximum Gasteiger partial charge on any atom is 0.264 e. The number of sulfonamides is 1. The first-order valence-corrected chi connectivity index (χ1v) is 13.8. The van der Waals surface area contributed by atoms with E-state index >= 15 is 0 Å². The SMILES string of the molecule is COc1ccc(S(=O)(=O)N(c2cccc(OC)c2)C2CCN(Cc3ccc4ccccc4n3)CC2)cc1. The molecule has 7 nitrogen and oxygen atoms in total. The molecular weight excluding hydrogens is 486 g/mol. The fraction of sp³-hybridized carbons (Fsp3) is 0.276. The van der Waals surface area contributed by atoms with Crippen LogP contribution in [0.3, 0.4) is 0 Å². The Balaban J connectivity index is 1.38. The van der Waals surface area contributed by atoms with Gasteiger partial charge in [0.15, 0.2) is 0 Å². The summed E-state index contributed by atoms with van der Waals surface area (Å²) in [5, 5.41) is 1.13. The maximum absolute atomic E-state index is 13.9. The van der Waals surface area contributed by atoms with Crippen LogP contribution in [0.15, 0.2) is 89.8 Å². The second kappa shape index (κ2) is 10.8. The minimum atomic E-state index is -3.81.